The second-order valence-electron chi connectivity index (χ2n) is 7.25. The molecule has 1 N–H and O–H groups in total. The summed E-state index contributed by atoms with van der Waals surface area (Å²) >= 11 is 0. The maximum absolute atomic E-state index is 12.9. The van der Waals surface area contributed by atoms with E-state index in [2.05, 4.69) is 10.4 Å². The van der Waals surface area contributed by atoms with Crippen molar-refractivity contribution in [1.29, 1.82) is 0 Å². The van der Waals surface area contributed by atoms with Crippen molar-refractivity contribution in [3.63, 3.8) is 0 Å². The highest BCUT2D eigenvalue weighted by Gasteiger charge is 2.19. The van der Waals surface area contributed by atoms with Gasteiger partial charge in [0.15, 0.2) is 0 Å². The van der Waals surface area contributed by atoms with Crippen LogP contribution in [0, 0.1) is 10.1 Å². The number of ether oxygens (including phenoxy) is 1. The number of anilines is 1. The molecule has 0 radical (unpaired) electrons. The van der Waals surface area contributed by atoms with Crippen molar-refractivity contribution in [2.45, 2.75) is 6.54 Å². The summed E-state index contributed by atoms with van der Waals surface area (Å²) in [5.74, 6) is -0.389. The van der Waals surface area contributed by atoms with Crippen LogP contribution in [0.15, 0.2) is 60.9 Å². The second-order valence-corrected chi connectivity index (χ2v) is 7.25. The number of nitro groups is 1. The van der Waals surface area contributed by atoms with Crippen LogP contribution in [-0.2, 0) is 11.3 Å². The van der Waals surface area contributed by atoms with Crippen LogP contribution in [0.1, 0.15) is 26.3 Å². The van der Waals surface area contributed by atoms with Crippen molar-refractivity contribution in [3.05, 3.63) is 87.7 Å². The Bertz CT molecular complexity index is 1140. The molecular formula is C22H21N5O5. The summed E-state index contributed by atoms with van der Waals surface area (Å²) in [5, 5.41) is 17.7. The lowest BCUT2D eigenvalue weighted by molar-refractivity contribution is -0.385. The molecule has 0 spiro atoms. The Hall–Kier alpha value is -4.05. The standard InChI is InChI=1S/C22H21N5O5/c28-21(20-4-2-1-3-17(20)14-26-15-19(13-23-26)27(30)31)24-18-7-5-16(6-8-18)22(29)25-9-11-32-12-10-25/h1-8,13,15H,9-12,14H2,(H,24,28). The van der Waals surface area contributed by atoms with E-state index in [-0.39, 0.29) is 24.0 Å². The summed E-state index contributed by atoms with van der Waals surface area (Å²) < 4.78 is 6.69. The summed E-state index contributed by atoms with van der Waals surface area (Å²) in [6.07, 6.45) is 2.49. The Morgan fingerprint density at radius 1 is 1.09 bits per heavy atom. The Morgan fingerprint density at radius 3 is 2.50 bits per heavy atom. The summed E-state index contributed by atoms with van der Waals surface area (Å²) in [7, 11) is 0. The lowest BCUT2D eigenvalue weighted by Gasteiger charge is -2.26. The van der Waals surface area contributed by atoms with Gasteiger partial charge in [-0.25, -0.2) is 0 Å². The van der Waals surface area contributed by atoms with E-state index in [0.29, 0.717) is 48.7 Å². The number of aromatic nitrogens is 2. The van der Waals surface area contributed by atoms with Crippen LogP contribution >= 0.6 is 0 Å². The van der Waals surface area contributed by atoms with Gasteiger partial charge in [-0.3, -0.25) is 24.4 Å². The predicted molar refractivity (Wildman–Crippen MR) is 116 cm³/mol. The normalized spacial score (nSPS) is 13.6. The first kappa shape index (κ1) is 21.2. The zero-order valence-corrected chi connectivity index (χ0v) is 17.1. The van der Waals surface area contributed by atoms with E-state index in [1.807, 2.05) is 0 Å². The van der Waals surface area contributed by atoms with Gasteiger partial charge in [0.2, 0.25) is 0 Å². The first-order valence-electron chi connectivity index (χ1n) is 10.0. The predicted octanol–water partition coefficient (Wildman–Crippen LogP) is 2.56. The van der Waals surface area contributed by atoms with Gasteiger partial charge >= 0.3 is 5.69 Å². The maximum Gasteiger partial charge on any atom is 0.307 e. The molecule has 0 saturated carbocycles. The molecule has 1 saturated heterocycles. The molecule has 1 aliphatic rings. The Kier molecular flexibility index (Phi) is 6.22. The van der Waals surface area contributed by atoms with Crippen molar-refractivity contribution in [2.24, 2.45) is 0 Å². The van der Waals surface area contributed by atoms with E-state index in [9.17, 15) is 19.7 Å². The first-order valence-corrected chi connectivity index (χ1v) is 10.0. The quantitative estimate of drug-likeness (QED) is 0.469. The SMILES string of the molecule is O=C(Nc1ccc(C(=O)N2CCOCC2)cc1)c1ccccc1Cn1cc([N+](=O)[O-])cn1. The zero-order valence-electron chi connectivity index (χ0n) is 17.1. The van der Waals surface area contributed by atoms with E-state index in [0.717, 1.165) is 0 Å². The highest BCUT2D eigenvalue weighted by atomic mass is 16.6. The van der Waals surface area contributed by atoms with Crippen molar-refractivity contribution >= 4 is 23.2 Å². The van der Waals surface area contributed by atoms with Gasteiger partial charge in [-0.1, -0.05) is 18.2 Å². The number of hydrogen-bond acceptors (Lipinski definition) is 6. The summed E-state index contributed by atoms with van der Waals surface area (Å²) in [5.41, 5.74) is 2.09. The fourth-order valence-electron chi connectivity index (χ4n) is 3.43. The summed E-state index contributed by atoms with van der Waals surface area (Å²) in [6, 6.07) is 13.7. The smallest absolute Gasteiger partial charge is 0.307 e. The molecule has 32 heavy (non-hydrogen) atoms. The monoisotopic (exact) mass is 435 g/mol. The second kappa shape index (κ2) is 9.40. The number of carbonyl (C=O) groups is 2. The van der Waals surface area contributed by atoms with E-state index in [4.69, 9.17) is 4.74 Å². The molecule has 3 aromatic rings. The molecule has 0 aliphatic carbocycles. The third-order valence-corrected chi connectivity index (χ3v) is 5.11. The number of amides is 2. The number of nitrogens with one attached hydrogen (secondary N) is 1. The molecule has 2 amide bonds. The number of carbonyl (C=O) groups excluding carboxylic acids is 2. The zero-order chi connectivity index (χ0) is 22.5. The molecule has 0 atom stereocenters. The number of rotatable bonds is 6. The fourth-order valence-corrected chi connectivity index (χ4v) is 3.43. The third kappa shape index (κ3) is 4.81. The lowest BCUT2D eigenvalue weighted by Crippen LogP contribution is -2.40. The van der Waals surface area contributed by atoms with Crippen LogP contribution in [0.2, 0.25) is 0 Å². The van der Waals surface area contributed by atoms with Gasteiger partial charge in [0.1, 0.15) is 12.4 Å². The number of hydrogen-bond donors (Lipinski definition) is 1. The van der Waals surface area contributed by atoms with Crippen molar-refractivity contribution in [3.8, 4) is 0 Å². The van der Waals surface area contributed by atoms with E-state index >= 15 is 0 Å². The van der Waals surface area contributed by atoms with Gasteiger partial charge < -0.3 is 15.0 Å². The number of benzene rings is 2. The molecular weight excluding hydrogens is 414 g/mol. The third-order valence-electron chi connectivity index (χ3n) is 5.11. The molecule has 164 valence electrons. The highest BCUT2D eigenvalue weighted by molar-refractivity contribution is 6.05. The van der Waals surface area contributed by atoms with Crippen molar-refractivity contribution < 1.29 is 19.2 Å². The van der Waals surface area contributed by atoms with Crippen LogP contribution in [0.5, 0.6) is 0 Å². The summed E-state index contributed by atoms with van der Waals surface area (Å²) in [6.45, 7) is 2.40. The maximum atomic E-state index is 12.9. The van der Waals surface area contributed by atoms with Crippen LogP contribution < -0.4 is 5.32 Å². The molecule has 0 bridgehead atoms. The first-order chi connectivity index (χ1) is 15.5. The number of nitrogens with zero attached hydrogens (tertiary/aromatic N) is 4. The van der Waals surface area contributed by atoms with Gasteiger partial charge in [-0.15, -0.1) is 0 Å². The molecule has 1 fully saturated rings. The Morgan fingerprint density at radius 2 is 1.81 bits per heavy atom. The van der Waals surface area contributed by atoms with Gasteiger partial charge in [-0.05, 0) is 35.9 Å². The minimum Gasteiger partial charge on any atom is -0.378 e. The van der Waals surface area contributed by atoms with Crippen LogP contribution in [0.4, 0.5) is 11.4 Å². The highest BCUT2D eigenvalue weighted by Crippen LogP contribution is 2.17. The minimum atomic E-state index is -0.518. The molecule has 10 heteroatoms. The number of morpholine rings is 1. The van der Waals surface area contributed by atoms with E-state index < -0.39 is 4.92 Å². The van der Waals surface area contributed by atoms with Crippen LogP contribution in [-0.4, -0.2) is 57.7 Å². The molecule has 0 unspecified atom stereocenters. The fraction of sp³-hybridized carbons (Fsp3) is 0.227. The largest absolute Gasteiger partial charge is 0.378 e. The molecule has 4 rings (SSSR count). The lowest BCUT2D eigenvalue weighted by atomic mass is 10.1. The molecule has 2 aromatic carbocycles. The van der Waals surface area contributed by atoms with Gasteiger partial charge in [0.05, 0.1) is 24.7 Å². The average Bonchev–Trinajstić information content (AvgIpc) is 3.29. The van der Waals surface area contributed by atoms with Gasteiger partial charge in [0, 0.05) is 29.9 Å². The van der Waals surface area contributed by atoms with Crippen molar-refractivity contribution in [1.82, 2.24) is 14.7 Å². The Labute approximate surface area is 183 Å². The Balaban J connectivity index is 1.44. The van der Waals surface area contributed by atoms with E-state index in [1.54, 1.807) is 53.4 Å². The molecule has 1 aromatic heterocycles. The topological polar surface area (TPSA) is 120 Å². The summed E-state index contributed by atoms with van der Waals surface area (Å²) in [4.78, 5) is 37.5. The van der Waals surface area contributed by atoms with E-state index in [1.165, 1.54) is 17.1 Å². The van der Waals surface area contributed by atoms with Crippen molar-refractivity contribution in [2.75, 3.05) is 31.6 Å². The average molecular weight is 435 g/mol. The van der Waals surface area contributed by atoms with Crippen LogP contribution in [0.25, 0.3) is 0 Å². The van der Waals surface area contributed by atoms with Crippen LogP contribution in [0.3, 0.4) is 0 Å². The molecule has 1 aliphatic heterocycles. The molecule has 10 nitrogen and oxygen atoms in total. The van der Waals surface area contributed by atoms with Gasteiger partial charge in [-0.2, -0.15) is 5.10 Å². The molecule has 2 heterocycles. The minimum absolute atomic E-state index is 0.0650. The van der Waals surface area contributed by atoms with Gasteiger partial charge in [0.25, 0.3) is 11.8 Å².